The summed E-state index contributed by atoms with van der Waals surface area (Å²) in [5.74, 6) is -0.412. The number of halogens is 1. The Morgan fingerprint density at radius 3 is 3.13 bits per heavy atom. The maximum Gasteiger partial charge on any atom is 0.292 e. The number of H-pyrrole nitrogens is 1. The predicted molar refractivity (Wildman–Crippen MR) is 52.5 cm³/mol. The molecule has 5 heteroatoms. The van der Waals surface area contributed by atoms with Gasteiger partial charge in [0, 0.05) is 0 Å². The van der Waals surface area contributed by atoms with Gasteiger partial charge in [0.05, 0.1) is 23.2 Å². The van der Waals surface area contributed by atoms with Crippen LogP contribution in [0.4, 0.5) is 4.39 Å². The Balaban J connectivity index is 2.58. The maximum absolute atomic E-state index is 13.0. The van der Waals surface area contributed by atoms with Crippen molar-refractivity contribution in [3.05, 3.63) is 41.6 Å². The number of fused-ring (bicyclic) bond motifs is 3. The summed E-state index contributed by atoms with van der Waals surface area (Å²) < 4.78 is 13.7. The quantitative estimate of drug-likeness (QED) is 0.444. The maximum atomic E-state index is 13.0. The molecule has 0 bridgehead atoms. The molecule has 4 nitrogen and oxygen atoms in total. The fourth-order valence-corrected chi connectivity index (χ4v) is 1.69. The van der Waals surface area contributed by atoms with Crippen LogP contribution < -0.4 is 4.73 Å². The Labute approximate surface area is 83.6 Å². The fourth-order valence-electron chi connectivity index (χ4n) is 1.69. The molecule has 3 aromatic heterocycles. The summed E-state index contributed by atoms with van der Waals surface area (Å²) in [6.07, 6.45) is 2.50. The van der Waals surface area contributed by atoms with Gasteiger partial charge in [-0.25, -0.2) is 19.1 Å². The van der Waals surface area contributed by atoms with Crippen molar-refractivity contribution in [3.8, 4) is 0 Å². The first-order valence-corrected chi connectivity index (χ1v) is 4.41. The molecule has 3 aromatic rings. The molecular formula is C10H6FN3O. The summed E-state index contributed by atoms with van der Waals surface area (Å²) in [5, 5.41) is 12.7. The average Bonchev–Trinajstić information content (AvgIpc) is 2.58. The molecule has 0 unspecified atom stereocenters. The zero-order valence-electron chi connectivity index (χ0n) is 7.57. The van der Waals surface area contributed by atoms with Gasteiger partial charge in [0.2, 0.25) is 5.65 Å². The first-order valence-electron chi connectivity index (χ1n) is 4.41. The predicted octanol–water partition coefficient (Wildman–Crippen LogP) is 1.49. The number of rotatable bonds is 0. The molecule has 3 rings (SSSR count). The number of hydrogen-bond acceptors (Lipinski definition) is 2. The Morgan fingerprint density at radius 2 is 2.27 bits per heavy atom. The van der Waals surface area contributed by atoms with Crippen molar-refractivity contribution in [2.75, 3.05) is 0 Å². The van der Waals surface area contributed by atoms with Crippen molar-refractivity contribution in [2.24, 2.45) is 0 Å². The largest absolute Gasteiger partial charge is 0.711 e. The number of aromatic nitrogens is 3. The summed E-state index contributed by atoms with van der Waals surface area (Å²) >= 11 is 0. The molecule has 1 N–H and O–H groups in total. The van der Waals surface area contributed by atoms with Crippen LogP contribution in [0, 0.1) is 11.0 Å². The minimum atomic E-state index is -0.412. The van der Waals surface area contributed by atoms with Crippen LogP contribution in [0.2, 0.25) is 0 Å². The topological polar surface area (TPSA) is 55.6 Å². The monoisotopic (exact) mass is 203 g/mol. The van der Waals surface area contributed by atoms with Crippen LogP contribution in [0.5, 0.6) is 0 Å². The molecule has 15 heavy (non-hydrogen) atoms. The molecule has 0 saturated carbocycles. The molecule has 0 aliphatic rings. The second-order valence-electron chi connectivity index (χ2n) is 3.27. The molecule has 3 heterocycles. The summed E-state index contributed by atoms with van der Waals surface area (Å²) in [4.78, 5) is 6.72. The summed E-state index contributed by atoms with van der Waals surface area (Å²) in [6, 6.07) is 4.73. The van der Waals surface area contributed by atoms with Crippen LogP contribution in [0.1, 0.15) is 0 Å². The molecule has 0 atom stereocenters. The van der Waals surface area contributed by atoms with Gasteiger partial charge in [0.25, 0.3) is 5.65 Å². The van der Waals surface area contributed by atoms with Gasteiger partial charge in [0.15, 0.2) is 0 Å². The van der Waals surface area contributed by atoms with E-state index in [1.54, 1.807) is 12.1 Å². The Hall–Kier alpha value is -2.17. The molecule has 0 aromatic carbocycles. The smallest absolute Gasteiger partial charge is 0.292 e. The first kappa shape index (κ1) is 8.16. The molecule has 0 spiro atoms. The molecule has 0 aliphatic heterocycles. The van der Waals surface area contributed by atoms with Gasteiger partial charge in [-0.15, -0.1) is 0 Å². The van der Waals surface area contributed by atoms with Crippen LogP contribution in [0.15, 0.2) is 30.6 Å². The van der Waals surface area contributed by atoms with Crippen molar-refractivity contribution < 1.29 is 9.12 Å². The lowest BCUT2D eigenvalue weighted by atomic mass is 10.2. The first-order chi connectivity index (χ1) is 7.25. The van der Waals surface area contributed by atoms with Crippen LogP contribution in [0.3, 0.4) is 0 Å². The molecule has 0 aliphatic carbocycles. The molecule has 0 fully saturated rings. The highest BCUT2D eigenvalue weighted by atomic mass is 19.1. The van der Waals surface area contributed by atoms with E-state index < -0.39 is 5.82 Å². The van der Waals surface area contributed by atoms with E-state index in [9.17, 15) is 9.60 Å². The number of nitrogens with one attached hydrogen (secondary N) is 1. The molecule has 0 radical (unpaired) electrons. The van der Waals surface area contributed by atoms with Crippen LogP contribution in [0.25, 0.3) is 22.1 Å². The second-order valence-corrected chi connectivity index (χ2v) is 3.27. The SMILES string of the molecule is [O-][n+]1cccc2c3cc(F)cnc3[nH]c21. The van der Waals surface area contributed by atoms with E-state index in [2.05, 4.69) is 9.97 Å². The highest BCUT2D eigenvalue weighted by Gasteiger charge is 2.12. The van der Waals surface area contributed by atoms with Gasteiger partial charge < -0.3 is 5.21 Å². The van der Waals surface area contributed by atoms with Crippen molar-refractivity contribution >= 4 is 22.1 Å². The Bertz CT molecular complexity index is 662. The molecule has 0 amide bonds. The summed E-state index contributed by atoms with van der Waals surface area (Å²) in [7, 11) is 0. The normalized spacial score (nSPS) is 11.3. The Kier molecular flexibility index (Phi) is 1.45. The van der Waals surface area contributed by atoms with Crippen molar-refractivity contribution in [1.29, 1.82) is 0 Å². The van der Waals surface area contributed by atoms with Crippen LogP contribution in [-0.2, 0) is 0 Å². The lowest BCUT2D eigenvalue weighted by Crippen LogP contribution is -2.25. The summed E-state index contributed by atoms with van der Waals surface area (Å²) in [6.45, 7) is 0. The van der Waals surface area contributed by atoms with Crippen molar-refractivity contribution in [1.82, 2.24) is 9.97 Å². The minimum absolute atomic E-state index is 0.394. The van der Waals surface area contributed by atoms with Gasteiger partial charge >= 0.3 is 0 Å². The van der Waals surface area contributed by atoms with E-state index in [4.69, 9.17) is 0 Å². The zero-order valence-corrected chi connectivity index (χ0v) is 7.57. The van der Waals surface area contributed by atoms with E-state index in [1.165, 1.54) is 12.3 Å². The van der Waals surface area contributed by atoms with Gasteiger partial charge in [0.1, 0.15) is 5.82 Å². The van der Waals surface area contributed by atoms with Gasteiger partial charge in [-0.2, -0.15) is 0 Å². The van der Waals surface area contributed by atoms with E-state index in [-0.39, 0.29) is 0 Å². The fraction of sp³-hybridized carbons (Fsp3) is 0. The lowest BCUT2D eigenvalue weighted by Gasteiger charge is -1.99. The van der Waals surface area contributed by atoms with E-state index in [0.717, 1.165) is 6.20 Å². The second kappa shape index (κ2) is 2.66. The van der Waals surface area contributed by atoms with Gasteiger partial charge in [-0.1, -0.05) is 0 Å². The van der Waals surface area contributed by atoms with E-state index >= 15 is 0 Å². The molecule has 74 valence electrons. The number of nitrogens with zero attached hydrogens (tertiary/aromatic N) is 2. The third-order valence-corrected chi connectivity index (χ3v) is 2.34. The number of hydrogen-bond donors (Lipinski definition) is 1. The van der Waals surface area contributed by atoms with Crippen LogP contribution in [-0.4, -0.2) is 9.97 Å². The van der Waals surface area contributed by atoms with Crippen molar-refractivity contribution in [2.45, 2.75) is 0 Å². The minimum Gasteiger partial charge on any atom is -0.711 e. The third kappa shape index (κ3) is 1.06. The van der Waals surface area contributed by atoms with Gasteiger partial charge in [-0.05, 0) is 18.2 Å². The summed E-state index contributed by atoms with van der Waals surface area (Å²) in [5.41, 5.74) is 0.910. The highest BCUT2D eigenvalue weighted by Crippen LogP contribution is 2.21. The Morgan fingerprint density at radius 1 is 1.40 bits per heavy atom. The van der Waals surface area contributed by atoms with E-state index in [1.807, 2.05) is 0 Å². The van der Waals surface area contributed by atoms with Gasteiger partial charge in [-0.3, -0.25) is 0 Å². The standard InChI is InChI=1S/C10H6FN3O/c11-6-4-8-7-2-1-3-14(15)10(7)13-9(8)12-5-6/h1-5H,(H,12,13). The number of aromatic amines is 1. The van der Waals surface area contributed by atoms with Crippen molar-refractivity contribution in [3.63, 3.8) is 0 Å². The van der Waals surface area contributed by atoms with E-state index in [0.29, 0.717) is 26.8 Å². The third-order valence-electron chi connectivity index (χ3n) is 2.34. The average molecular weight is 203 g/mol. The molecule has 0 saturated heterocycles. The number of pyridine rings is 2. The molecular weight excluding hydrogens is 197 g/mol. The zero-order chi connectivity index (χ0) is 10.4. The van der Waals surface area contributed by atoms with Crippen LogP contribution >= 0.6 is 0 Å². The lowest BCUT2D eigenvalue weighted by molar-refractivity contribution is -0.578. The highest BCUT2D eigenvalue weighted by molar-refractivity contribution is 6.03.